The van der Waals surface area contributed by atoms with Gasteiger partial charge in [0.05, 0.1) is 22.8 Å². The molecule has 3 aromatic heterocycles. The van der Waals surface area contributed by atoms with E-state index in [1.165, 1.54) is 12.1 Å². The maximum Gasteiger partial charge on any atom is 0.335 e. The molecule has 4 aromatic rings. The number of carbonyl (C=O) groups is 1. The number of nitrogens with two attached hydrogens (primary N) is 1. The lowest BCUT2D eigenvalue weighted by molar-refractivity contribution is 0.0697. The molecule has 0 aliphatic carbocycles. The first-order chi connectivity index (χ1) is 10.1. The summed E-state index contributed by atoms with van der Waals surface area (Å²) in [5.74, 6) is -1.02. The molecule has 0 fully saturated rings. The molecule has 6 nitrogen and oxygen atoms in total. The minimum atomic E-state index is -1.02. The summed E-state index contributed by atoms with van der Waals surface area (Å²) in [6.07, 6.45) is 5.15. The number of aromatic nitrogens is 3. The van der Waals surface area contributed by atoms with Crippen LogP contribution < -0.4 is 5.73 Å². The zero-order chi connectivity index (χ0) is 14.6. The van der Waals surface area contributed by atoms with Gasteiger partial charge in [0.1, 0.15) is 0 Å². The number of carboxylic acid groups (broad SMARTS) is 1. The molecule has 4 rings (SSSR count). The van der Waals surface area contributed by atoms with Gasteiger partial charge in [0.15, 0.2) is 0 Å². The van der Waals surface area contributed by atoms with Gasteiger partial charge < -0.3 is 15.8 Å². The van der Waals surface area contributed by atoms with Crippen LogP contribution in [0, 0.1) is 0 Å². The molecule has 0 saturated heterocycles. The number of nitrogens with one attached hydrogen (secondary N) is 1. The smallest absolute Gasteiger partial charge is 0.335 e. The van der Waals surface area contributed by atoms with Gasteiger partial charge in [0.25, 0.3) is 0 Å². The molecule has 0 amide bonds. The predicted octanol–water partition coefficient (Wildman–Crippen LogP) is 2.54. The molecule has 0 saturated carbocycles. The Bertz CT molecular complexity index is 1040. The minimum Gasteiger partial charge on any atom is -0.478 e. The van der Waals surface area contributed by atoms with Gasteiger partial charge in [-0.1, -0.05) is 0 Å². The normalized spacial score (nSPS) is 11.4. The molecule has 4 N–H and O–H groups in total. The van der Waals surface area contributed by atoms with Crippen molar-refractivity contribution < 1.29 is 9.90 Å². The highest BCUT2D eigenvalue weighted by atomic mass is 16.4. The van der Waals surface area contributed by atoms with Crippen LogP contribution in [0.3, 0.4) is 0 Å². The summed E-state index contributed by atoms with van der Waals surface area (Å²) in [4.78, 5) is 22.8. The Morgan fingerprint density at radius 1 is 1.19 bits per heavy atom. The van der Waals surface area contributed by atoms with E-state index in [4.69, 9.17) is 10.8 Å². The first kappa shape index (κ1) is 11.7. The zero-order valence-corrected chi connectivity index (χ0v) is 10.8. The Balaban J connectivity index is 2.25. The van der Waals surface area contributed by atoms with Gasteiger partial charge >= 0.3 is 5.97 Å². The number of hydrogen-bond acceptors (Lipinski definition) is 4. The molecule has 102 valence electrons. The molecular weight excluding hydrogens is 268 g/mol. The Labute approximate surface area is 118 Å². The van der Waals surface area contributed by atoms with Crippen LogP contribution in [-0.4, -0.2) is 26.0 Å². The van der Waals surface area contributed by atoms with E-state index in [-0.39, 0.29) is 5.56 Å². The third-order valence-electron chi connectivity index (χ3n) is 3.61. The zero-order valence-electron chi connectivity index (χ0n) is 10.8. The molecule has 1 aromatic carbocycles. The number of pyridine rings is 2. The Morgan fingerprint density at radius 2 is 2.05 bits per heavy atom. The Morgan fingerprint density at radius 3 is 2.86 bits per heavy atom. The van der Waals surface area contributed by atoms with E-state index in [0.717, 1.165) is 27.2 Å². The van der Waals surface area contributed by atoms with E-state index in [1.54, 1.807) is 18.6 Å². The standard InChI is InChI=1S/C15H10N4O2/c16-9-3-7(15(20)21)4-11-14(9)13-8-5-17-2-1-10(8)19-12(13)6-18-11/h1-6,19H,16H2,(H,20,21). The molecule has 0 radical (unpaired) electrons. The topological polar surface area (TPSA) is 105 Å². The average molecular weight is 278 g/mol. The largest absolute Gasteiger partial charge is 0.478 e. The number of hydrogen-bond donors (Lipinski definition) is 3. The van der Waals surface area contributed by atoms with Crippen molar-refractivity contribution in [3.63, 3.8) is 0 Å². The highest BCUT2D eigenvalue weighted by molar-refractivity contribution is 6.22. The number of H-pyrrole nitrogens is 1. The number of benzene rings is 1. The lowest BCUT2D eigenvalue weighted by Crippen LogP contribution is -1.99. The van der Waals surface area contributed by atoms with Crippen LogP contribution in [0.2, 0.25) is 0 Å². The summed E-state index contributed by atoms with van der Waals surface area (Å²) in [5, 5.41) is 11.7. The van der Waals surface area contributed by atoms with E-state index in [0.29, 0.717) is 11.2 Å². The van der Waals surface area contributed by atoms with Crippen molar-refractivity contribution in [1.82, 2.24) is 15.0 Å². The molecule has 0 aliphatic rings. The van der Waals surface area contributed by atoms with Crippen LogP contribution >= 0.6 is 0 Å². The van der Waals surface area contributed by atoms with Crippen molar-refractivity contribution in [2.45, 2.75) is 0 Å². The molecule has 6 heteroatoms. The molecule has 0 aliphatic heterocycles. The predicted molar refractivity (Wildman–Crippen MR) is 80.3 cm³/mol. The molecular formula is C15H10N4O2. The van der Waals surface area contributed by atoms with Crippen LogP contribution in [0.25, 0.3) is 32.7 Å². The lowest BCUT2D eigenvalue weighted by atomic mass is 10.0. The lowest BCUT2D eigenvalue weighted by Gasteiger charge is -2.05. The molecule has 3 heterocycles. The minimum absolute atomic E-state index is 0.129. The van der Waals surface area contributed by atoms with Crippen LogP contribution in [-0.2, 0) is 0 Å². The maximum atomic E-state index is 11.1. The molecule has 0 bridgehead atoms. The van der Waals surface area contributed by atoms with Crippen molar-refractivity contribution >= 4 is 44.4 Å². The van der Waals surface area contributed by atoms with Gasteiger partial charge in [-0.2, -0.15) is 0 Å². The number of aromatic carboxylic acids is 1. The monoisotopic (exact) mass is 278 g/mol. The third kappa shape index (κ3) is 1.56. The van der Waals surface area contributed by atoms with E-state index < -0.39 is 5.97 Å². The number of carboxylic acids is 1. The van der Waals surface area contributed by atoms with E-state index in [2.05, 4.69) is 15.0 Å². The molecule has 0 spiro atoms. The van der Waals surface area contributed by atoms with Crippen LogP contribution in [0.4, 0.5) is 5.69 Å². The van der Waals surface area contributed by atoms with E-state index in [9.17, 15) is 4.79 Å². The van der Waals surface area contributed by atoms with Gasteiger partial charge in [-0.3, -0.25) is 9.97 Å². The second kappa shape index (κ2) is 3.92. The van der Waals surface area contributed by atoms with Gasteiger partial charge in [-0.15, -0.1) is 0 Å². The number of fused-ring (bicyclic) bond motifs is 5. The van der Waals surface area contributed by atoms with Crippen LogP contribution in [0.5, 0.6) is 0 Å². The van der Waals surface area contributed by atoms with E-state index >= 15 is 0 Å². The first-order valence-electron chi connectivity index (χ1n) is 6.32. The number of aromatic amines is 1. The van der Waals surface area contributed by atoms with Gasteiger partial charge in [-0.25, -0.2) is 4.79 Å². The molecule has 21 heavy (non-hydrogen) atoms. The second-order valence-corrected chi connectivity index (χ2v) is 4.86. The second-order valence-electron chi connectivity index (χ2n) is 4.86. The van der Waals surface area contributed by atoms with E-state index in [1.807, 2.05) is 6.07 Å². The number of rotatable bonds is 1. The fraction of sp³-hybridized carbons (Fsp3) is 0. The summed E-state index contributed by atoms with van der Waals surface area (Å²) in [6, 6.07) is 4.87. The Hall–Kier alpha value is -3.15. The highest BCUT2D eigenvalue weighted by Crippen LogP contribution is 2.34. The summed E-state index contributed by atoms with van der Waals surface area (Å²) < 4.78 is 0. The summed E-state index contributed by atoms with van der Waals surface area (Å²) in [5.41, 5.74) is 8.95. The van der Waals surface area contributed by atoms with Crippen molar-refractivity contribution in [2.24, 2.45) is 0 Å². The average Bonchev–Trinajstić information content (AvgIpc) is 2.85. The highest BCUT2D eigenvalue weighted by Gasteiger charge is 2.14. The fourth-order valence-corrected chi connectivity index (χ4v) is 2.70. The maximum absolute atomic E-state index is 11.1. The van der Waals surface area contributed by atoms with Gasteiger partial charge in [-0.05, 0) is 18.2 Å². The number of nitrogen functional groups attached to an aromatic ring is 1. The van der Waals surface area contributed by atoms with Gasteiger partial charge in [0, 0.05) is 39.8 Å². The summed E-state index contributed by atoms with van der Waals surface area (Å²) in [6.45, 7) is 0. The van der Waals surface area contributed by atoms with Gasteiger partial charge in [0.2, 0.25) is 0 Å². The quantitative estimate of drug-likeness (QED) is 0.464. The number of nitrogens with zero attached hydrogens (tertiary/aromatic N) is 2. The van der Waals surface area contributed by atoms with Crippen LogP contribution in [0.1, 0.15) is 10.4 Å². The third-order valence-corrected chi connectivity index (χ3v) is 3.61. The van der Waals surface area contributed by atoms with Crippen molar-refractivity contribution in [3.8, 4) is 0 Å². The first-order valence-corrected chi connectivity index (χ1v) is 6.32. The molecule has 0 atom stereocenters. The number of anilines is 1. The SMILES string of the molecule is Nc1cc(C(=O)O)cc2ncc3[nH]c4ccncc4c3c12. The summed E-state index contributed by atoms with van der Waals surface area (Å²) >= 11 is 0. The Kier molecular flexibility index (Phi) is 2.18. The molecule has 0 unspecified atom stereocenters. The fourth-order valence-electron chi connectivity index (χ4n) is 2.70. The van der Waals surface area contributed by atoms with Crippen molar-refractivity contribution in [3.05, 3.63) is 42.4 Å². The van der Waals surface area contributed by atoms with Crippen molar-refractivity contribution in [1.29, 1.82) is 0 Å². The van der Waals surface area contributed by atoms with Crippen LogP contribution in [0.15, 0.2) is 36.8 Å². The van der Waals surface area contributed by atoms with Crippen molar-refractivity contribution in [2.75, 3.05) is 5.73 Å². The summed E-state index contributed by atoms with van der Waals surface area (Å²) in [7, 11) is 0.